The molecule has 1 saturated carbocycles. The third kappa shape index (κ3) is 3.26. The molecule has 0 amide bonds. The van der Waals surface area contributed by atoms with Gasteiger partial charge < -0.3 is 0 Å². The molecule has 0 atom stereocenters. The normalized spacial score (nSPS) is 24.2. The fourth-order valence-electron chi connectivity index (χ4n) is 2.60. The monoisotopic (exact) mass is 228 g/mol. The molecule has 1 aromatic carbocycles. The highest BCUT2D eigenvalue weighted by Crippen LogP contribution is 2.29. The summed E-state index contributed by atoms with van der Waals surface area (Å²) < 4.78 is 0. The SMILES string of the molecule is C=Nc1ccc(CC2CCC(N=C)CC2)cc1. The molecule has 2 nitrogen and oxygen atoms in total. The Bertz CT molecular complexity index is 372. The first kappa shape index (κ1) is 12.0. The van der Waals surface area contributed by atoms with Crippen LogP contribution in [0.25, 0.3) is 0 Å². The number of hydrogen-bond donors (Lipinski definition) is 0. The lowest BCUT2D eigenvalue weighted by atomic mass is 9.82. The fraction of sp³-hybridized carbons (Fsp3) is 0.467. The van der Waals surface area contributed by atoms with Crippen molar-refractivity contribution in [1.82, 2.24) is 0 Å². The van der Waals surface area contributed by atoms with Gasteiger partial charge in [0.15, 0.2) is 0 Å². The predicted molar refractivity (Wildman–Crippen MR) is 74.7 cm³/mol. The largest absolute Gasteiger partial charge is 0.298 e. The molecular weight excluding hydrogens is 208 g/mol. The molecule has 2 heteroatoms. The van der Waals surface area contributed by atoms with Crippen molar-refractivity contribution in [1.29, 1.82) is 0 Å². The summed E-state index contributed by atoms with van der Waals surface area (Å²) in [7, 11) is 0. The van der Waals surface area contributed by atoms with Gasteiger partial charge in [-0.05, 0) is 69.2 Å². The van der Waals surface area contributed by atoms with Crippen LogP contribution in [0.3, 0.4) is 0 Å². The average molecular weight is 228 g/mol. The third-order valence-corrected chi connectivity index (χ3v) is 3.72. The van der Waals surface area contributed by atoms with E-state index in [0.29, 0.717) is 6.04 Å². The number of aliphatic imine (C=N–C) groups is 2. The lowest BCUT2D eigenvalue weighted by Crippen LogP contribution is -2.18. The lowest BCUT2D eigenvalue weighted by Gasteiger charge is -2.26. The van der Waals surface area contributed by atoms with Crippen molar-refractivity contribution in [3.05, 3.63) is 29.8 Å². The van der Waals surface area contributed by atoms with Crippen LogP contribution in [0.15, 0.2) is 34.3 Å². The van der Waals surface area contributed by atoms with Gasteiger partial charge in [-0.25, -0.2) is 0 Å². The highest BCUT2D eigenvalue weighted by atomic mass is 14.7. The van der Waals surface area contributed by atoms with E-state index in [1.807, 2.05) is 12.1 Å². The van der Waals surface area contributed by atoms with Crippen LogP contribution in [-0.4, -0.2) is 19.5 Å². The van der Waals surface area contributed by atoms with Crippen molar-refractivity contribution >= 4 is 19.1 Å². The summed E-state index contributed by atoms with van der Waals surface area (Å²) in [6.07, 6.45) is 6.17. The number of benzene rings is 1. The van der Waals surface area contributed by atoms with Gasteiger partial charge in [-0.2, -0.15) is 0 Å². The molecule has 0 aliphatic heterocycles. The van der Waals surface area contributed by atoms with Gasteiger partial charge in [0.05, 0.1) is 5.69 Å². The predicted octanol–water partition coefficient (Wildman–Crippen LogP) is 3.82. The van der Waals surface area contributed by atoms with Crippen LogP contribution >= 0.6 is 0 Å². The molecule has 0 aromatic heterocycles. The Balaban J connectivity index is 1.88. The first-order chi connectivity index (χ1) is 8.31. The molecule has 1 aromatic rings. The fourth-order valence-corrected chi connectivity index (χ4v) is 2.60. The van der Waals surface area contributed by atoms with E-state index in [1.165, 1.54) is 37.7 Å². The maximum Gasteiger partial charge on any atom is 0.0622 e. The molecule has 0 spiro atoms. The van der Waals surface area contributed by atoms with E-state index in [-0.39, 0.29) is 0 Å². The van der Waals surface area contributed by atoms with Gasteiger partial charge in [-0.1, -0.05) is 12.1 Å². The van der Waals surface area contributed by atoms with Gasteiger partial charge >= 0.3 is 0 Å². The maximum absolute atomic E-state index is 4.14. The summed E-state index contributed by atoms with van der Waals surface area (Å²) >= 11 is 0. The quantitative estimate of drug-likeness (QED) is 0.700. The molecule has 0 N–H and O–H groups in total. The topological polar surface area (TPSA) is 24.7 Å². The Hall–Kier alpha value is -1.44. The van der Waals surface area contributed by atoms with Gasteiger partial charge in [0.2, 0.25) is 0 Å². The highest BCUT2D eigenvalue weighted by molar-refractivity contribution is 5.46. The minimum atomic E-state index is 0.513. The Morgan fingerprint density at radius 1 is 1.00 bits per heavy atom. The number of hydrogen-bond acceptors (Lipinski definition) is 2. The van der Waals surface area contributed by atoms with Crippen LogP contribution < -0.4 is 0 Å². The molecule has 0 radical (unpaired) electrons. The zero-order valence-corrected chi connectivity index (χ0v) is 10.3. The number of rotatable bonds is 4. The minimum absolute atomic E-state index is 0.513. The lowest BCUT2D eigenvalue weighted by molar-refractivity contribution is 0.327. The Labute approximate surface area is 104 Å². The Morgan fingerprint density at radius 3 is 2.18 bits per heavy atom. The van der Waals surface area contributed by atoms with Crippen LogP contribution in [0.4, 0.5) is 5.69 Å². The van der Waals surface area contributed by atoms with Crippen LogP contribution in [0, 0.1) is 5.92 Å². The molecule has 0 unspecified atom stereocenters. The Kier molecular flexibility index (Phi) is 4.08. The van der Waals surface area contributed by atoms with Crippen LogP contribution in [0.5, 0.6) is 0 Å². The van der Waals surface area contributed by atoms with E-state index < -0.39 is 0 Å². The van der Waals surface area contributed by atoms with Crippen molar-refractivity contribution in [3.63, 3.8) is 0 Å². The Morgan fingerprint density at radius 2 is 1.65 bits per heavy atom. The second-order valence-corrected chi connectivity index (χ2v) is 4.89. The third-order valence-electron chi connectivity index (χ3n) is 3.72. The van der Waals surface area contributed by atoms with Crippen LogP contribution in [0.1, 0.15) is 31.2 Å². The van der Waals surface area contributed by atoms with Crippen LogP contribution in [0.2, 0.25) is 0 Å². The molecular formula is C15H20N2. The zero-order chi connectivity index (χ0) is 12.1. The smallest absolute Gasteiger partial charge is 0.0622 e. The van der Waals surface area contributed by atoms with Gasteiger partial charge in [0.1, 0.15) is 0 Å². The minimum Gasteiger partial charge on any atom is -0.298 e. The van der Waals surface area contributed by atoms with E-state index in [1.54, 1.807) is 0 Å². The van der Waals surface area contributed by atoms with Crippen molar-refractivity contribution < 1.29 is 0 Å². The first-order valence-corrected chi connectivity index (χ1v) is 6.33. The van der Waals surface area contributed by atoms with Gasteiger partial charge in [-0.15, -0.1) is 0 Å². The van der Waals surface area contributed by atoms with Crippen molar-refractivity contribution in [3.8, 4) is 0 Å². The molecule has 0 bridgehead atoms. The van der Waals surface area contributed by atoms with Crippen molar-refractivity contribution in [2.24, 2.45) is 15.9 Å². The van der Waals surface area contributed by atoms with E-state index >= 15 is 0 Å². The standard InChI is InChI=1S/C15H20N2/c1-16-14-7-3-12(4-8-14)11-13-5-9-15(17-2)10-6-13/h3-4,7-8,13,15H,1-2,5-6,9-11H2. The van der Waals surface area contributed by atoms with Gasteiger partial charge in [-0.3, -0.25) is 9.98 Å². The van der Waals surface area contributed by atoms with Crippen LogP contribution in [-0.2, 0) is 6.42 Å². The van der Waals surface area contributed by atoms with E-state index in [2.05, 4.69) is 35.6 Å². The van der Waals surface area contributed by atoms with Crippen molar-refractivity contribution in [2.75, 3.05) is 0 Å². The second-order valence-electron chi connectivity index (χ2n) is 4.89. The second kappa shape index (κ2) is 5.76. The molecule has 1 aliphatic rings. The molecule has 2 rings (SSSR count). The average Bonchev–Trinajstić information content (AvgIpc) is 2.40. The maximum atomic E-state index is 4.14. The van der Waals surface area contributed by atoms with Gasteiger partial charge in [0.25, 0.3) is 0 Å². The summed E-state index contributed by atoms with van der Waals surface area (Å²) in [5.41, 5.74) is 2.36. The molecule has 90 valence electrons. The molecule has 1 aliphatic carbocycles. The summed E-state index contributed by atoms with van der Waals surface area (Å²) in [4.78, 5) is 8.05. The molecule has 17 heavy (non-hydrogen) atoms. The van der Waals surface area contributed by atoms with E-state index in [0.717, 1.165) is 11.6 Å². The first-order valence-electron chi connectivity index (χ1n) is 6.33. The van der Waals surface area contributed by atoms with Crippen molar-refractivity contribution in [2.45, 2.75) is 38.1 Å². The molecule has 1 fully saturated rings. The summed E-state index contributed by atoms with van der Waals surface area (Å²) in [6, 6.07) is 8.93. The number of nitrogens with zero attached hydrogens (tertiary/aromatic N) is 2. The zero-order valence-electron chi connectivity index (χ0n) is 10.3. The molecule has 0 saturated heterocycles. The molecule has 0 heterocycles. The van der Waals surface area contributed by atoms with Gasteiger partial charge in [0, 0.05) is 6.04 Å². The summed E-state index contributed by atoms with van der Waals surface area (Å²) in [6.45, 7) is 7.17. The van der Waals surface area contributed by atoms with E-state index in [4.69, 9.17) is 0 Å². The van der Waals surface area contributed by atoms with E-state index in [9.17, 15) is 0 Å². The highest BCUT2D eigenvalue weighted by Gasteiger charge is 2.19. The summed E-state index contributed by atoms with van der Waals surface area (Å²) in [5.74, 6) is 0.815. The summed E-state index contributed by atoms with van der Waals surface area (Å²) in [5, 5.41) is 0.